The van der Waals surface area contributed by atoms with E-state index in [1.807, 2.05) is 40.8 Å². The standard InChI is InChI=1S/C21H22ClFN4O2S/c1-13-11-26(12-14(2)29-13)17-4-3-15(9-16(17)23)10-24-19(28)6-5-18-20(22)25-21-27(18)7-8-30-21/h3-9,13-14H,10-12H2,1-2H3,(H,24,28)/b6-5-/t13-,14+. The fourth-order valence-corrected chi connectivity index (χ4v) is 4.63. The molecular weight excluding hydrogens is 427 g/mol. The molecule has 0 radical (unpaired) electrons. The Bertz CT molecular complexity index is 1090. The zero-order valence-corrected chi connectivity index (χ0v) is 18.2. The number of ether oxygens (including phenoxy) is 1. The zero-order chi connectivity index (χ0) is 21.3. The van der Waals surface area contributed by atoms with Crippen LogP contribution in [-0.2, 0) is 16.1 Å². The summed E-state index contributed by atoms with van der Waals surface area (Å²) in [5.41, 5.74) is 1.89. The predicted octanol–water partition coefficient (Wildman–Crippen LogP) is 4.13. The van der Waals surface area contributed by atoms with E-state index in [1.165, 1.54) is 23.5 Å². The van der Waals surface area contributed by atoms with E-state index in [1.54, 1.807) is 12.1 Å². The smallest absolute Gasteiger partial charge is 0.244 e. The number of nitrogens with one attached hydrogen (secondary N) is 1. The maximum absolute atomic E-state index is 14.7. The van der Waals surface area contributed by atoms with Crippen molar-refractivity contribution in [2.24, 2.45) is 0 Å². The lowest BCUT2D eigenvalue weighted by Crippen LogP contribution is -2.45. The number of thiazole rings is 1. The summed E-state index contributed by atoms with van der Waals surface area (Å²) in [4.78, 5) is 19.2. The molecule has 1 amide bonds. The first-order valence-corrected chi connectivity index (χ1v) is 10.9. The highest BCUT2D eigenvalue weighted by molar-refractivity contribution is 7.15. The molecule has 0 saturated carbocycles. The van der Waals surface area contributed by atoms with Gasteiger partial charge in [0.25, 0.3) is 0 Å². The monoisotopic (exact) mass is 448 g/mol. The largest absolute Gasteiger partial charge is 0.372 e. The Balaban J connectivity index is 1.38. The van der Waals surface area contributed by atoms with E-state index < -0.39 is 0 Å². The van der Waals surface area contributed by atoms with E-state index in [4.69, 9.17) is 16.3 Å². The van der Waals surface area contributed by atoms with Crippen LogP contribution in [0.3, 0.4) is 0 Å². The number of carbonyl (C=O) groups is 1. The third-order valence-electron chi connectivity index (χ3n) is 4.89. The number of rotatable bonds is 5. The number of carbonyl (C=O) groups excluding carboxylic acids is 1. The van der Waals surface area contributed by atoms with Crippen molar-refractivity contribution in [3.05, 3.63) is 58.1 Å². The lowest BCUT2D eigenvalue weighted by atomic mass is 10.1. The second-order valence-electron chi connectivity index (χ2n) is 7.34. The highest BCUT2D eigenvalue weighted by Crippen LogP contribution is 2.25. The molecule has 30 heavy (non-hydrogen) atoms. The summed E-state index contributed by atoms with van der Waals surface area (Å²) < 4.78 is 22.2. The topological polar surface area (TPSA) is 58.9 Å². The summed E-state index contributed by atoms with van der Waals surface area (Å²) in [6, 6.07) is 5.06. The van der Waals surface area contributed by atoms with Crippen molar-refractivity contribution in [1.82, 2.24) is 14.7 Å². The fraction of sp³-hybridized carbons (Fsp3) is 0.333. The summed E-state index contributed by atoms with van der Waals surface area (Å²) >= 11 is 7.58. The number of fused-ring (bicyclic) bond motifs is 1. The number of halogens is 2. The Kier molecular flexibility index (Phi) is 6.08. The number of nitrogens with zero attached hydrogens (tertiary/aromatic N) is 3. The van der Waals surface area contributed by atoms with Crippen LogP contribution >= 0.6 is 22.9 Å². The number of hydrogen-bond donors (Lipinski definition) is 1. The maximum atomic E-state index is 14.7. The van der Waals surface area contributed by atoms with Gasteiger partial charge in [-0.25, -0.2) is 9.37 Å². The molecule has 3 aromatic rings. The minimum Gasteiger partial charge on any atom is -0.372 e. The first-order chi connectivity index (χ1) is 14.4. The molecule has 1 aliphatic rings. The summed E-state index contributed by atoms with van der Waals surface area (Å²) in [6.07, 6.45) is 4.97. The molecule has 2 aromatic heterocycles. The SMILES string of the molecule is C[C@@H]1CN(c2ccc(CNC(=O)/C=C\c3c(Cl)nc4sccn34)cc2F)C[C@H](C)O1. The van der Waals surface area contributed by atoms with Gasteiger partial charge in [0.1, 0.15) is 5.82 Å². The first-order valence-electron chi connectivity index (χ1n) is 9.66. The van der Waals surface area contributed by atoms with Crippen LogP contribution < -0.4 is 10.2 Å². The third-order valence-corrected chi connectivity index (χ3v) is 5.92. The Morgan fingerprint density at radius 2 is 2.17 bits per heavy atom. The highest BCUT2D eigenvalue weighted by atomic mass is 35.5. The van der Waals surface area contributed by atoms with Crippen molar-refractivity contribution >= 4 is 45.6 Å². The molecular formula is C21H22ClFN4O2S. The van der Waals surface area contributed by atoms with Gasteiger partial charge in [-0.1, -0.05) is 17.7 Å². The quantitative estimate of drug-likeness (QED) is 0.596. The average Bonchev–Trinajstić information content (AvgIpc) is 3.24. The minimum atomic E-state index is -0.301. The summed E-state index contributed by atoms with van der Waals surface area (Å²) in [6.45, 7) is 5.49. The Hall–Kier alpha value is -2.42. The minimum absolute atomic E-state index is 0.0542. The number of hydrogen-bond acceptors (Lipinski definition) is 5. The van der Waals surface area contributed by atoms with Crippen LogP contribution in [-0.4, -0.2) is 40.6 Å². The summed E-state index contributed by atoms with van der Waals surface area (Å²) in [5, 5.41) is 5.01. The molecule has 2 atom stereocenters. The molecule has 0 unspecified atom stereocenters. The van der Waals surface area contributed by atoms with Gasteiger partial charge in [0.15, 0.2) is 10.1 Å². The van der Waals surface area contributed by atoms with E-state index in [2.05, 4.69) is 10.3 Å². The van der Waals surface area contributed by atoms with Crippen molar-refractivity contribution in [3.8, 4) is 0 Å². The van der Waals surface area contributed by atoms with Crippen molar-refractivity contribution in [2.75, 3.05) is 18.0 Å². The van der Waals surface area contributed by atoms with E-state index >= 15 is 0 Å². The van der Waals surface area contributed by atoms with Crippen LogP contribution in [0.1, 0.15) is 25.1 Å². The predicted molar refractivity (Wildman–Crippen MR) is 118 cm³/mol. The van der Waals surface area contributed by atoms with Gasteiger partial charge < -0.3 is 15.0 Å². The maximum Gasteiger partial charge on any atom is 0.244 e. The van der Waals surface area contributed by atoms with E-state index in [0.717, 1.165) is 4.96 Å². The molecule has 9 heteroatoms. The normalized spacial score (nSPS) is 19.7. The number of anilines is 1. The number of benzene rings is 1. The van der Waals surface area contributed by atoms with Crippen LogP contribution in [0.5, 0.6) is 0 Å². The summed E-state index contributed by atoms with van der Waals surface area (Å²) in [5.74, 6) is -0.596. The van der Waals surface area contributed by atoms with Crippen molar-refractivity contribution < 1.29 is 13.9 Å². The lowest BCUT2D eigenvalue weighted by Gasteiger charge is -2.37. The number of morpholine rings is 1. The molecule has 4 rings (SSSR count). The second-order valence-corrected chi connectivity index (χ2v) is 8.57. The van der Waals surface area contributed by atoms with Gasteiger partial charge >= 0.3 is 0 Å². The molecule has 1 aromatic carbocycles. The van der Waals surface area contributed by atoms with Crippen LogP contribution in [0.4, 0.5) is 10.1 Å². The van der Waals surface area contributed by atoms with Gasteiger partial charge in [0, 0.05) is 37.3 Å². The molecule has 1 saturated heterocycles. The van der Waals surface area contributed by atoms with Crippen molar-refractivity contribution in [2.45, 2.75) is 32.6 Å². The van der Waals surface area contributed by atoms with Gasteiger partial charge in [-0.15, -0.1) is 11.3 Å². The first kappa shape index (κ1) is 20.8. The van der Waals surface area contributed by atoms with Gasteiger partial charge in [-0.05, 0) is 37.6 Å². The third kappa shape index (κ3) is 4.50. The number of imidazole rings is 1. The van der Waals surface area contributed by atoms with Gasteiger partial charge in [0.05, 0.1) is 23.6 Å². The van der Waals surface area contributed by atoms with Gasteiger partial charge in [0.2, 0.25) is 5.91 Å². The molecule has 0 aliphatic carbocycles. The molecule has 0 spiro atoms. The van der Waals surface area contributed by atoms with E-state index in [-0.39, 0.29) is 30.5 Å². The van der Waals surface area contributed by atoms with Crippen molar-refractivity contribution in [1.29, 1.82) is 0 Å². The highest BCUT2D eigenvalue weighted by Gasteiger charge is 2.24. The number of aromatic nitrogens is 2. The van der Waals surface area contributed by atoms with E-state index in [9.17, 15) is 9.18 Å². The summed E-state index contributed by atoms with van der Waals surface area (Å²) in [7, 11) is 0. The molecule has 1 aliphatic heterocycles. The molecule has 158 valence electrons. The lowest BCUT2D eigenvalue weighted by molar-refractivity contribution is -0.116. The second kappa shape index (κ2) is 8.75. The van der Waals surface area contributed by atoms with Crippen LogP contribution in [0.25, 0.3) is 11.0 Å². The molecule has 6 nitrogen and oxygen atoms in total. The number of amides is 1. The van der Waals surface area contributed by atoms with E-state index in [0.29, 0.717) is 35.2 Å². The molecule has 3 heterocycles. The molecule has 0 bridgehead atoms. The Morgan fingerprint density at radius 3 is 2.90 bits per heavy atom. The molecule has 1 N–H and O–H groups in total. The van der Waals surface area contributed by atoms with Gasteiger partial charge in [-0.2, -0.15) is 0 Å². The zero-order valence-electron chi connectivity index (χ0n) is 16.6. The van der Waals surface area contributed by atoms with Crippen LogP contribution in [0, 0.1) is 5.82 Å². The van der Waals surface area contributed by atoms with Crippen molar-refractivity contribution in [3.63, 3.8) is 0 Å². The Labute approximate surface area is 182 Å². The van der Waals surface area contributed by atoms with Gasteiger partial charge in [-0.3, -0.25) is 9.20 Å². The Morgan fingerprint density at radius 1 is 1.40 bits per heavy atom. The van der Waals surface area contributed by atoms with Crippen LogP contribution in [0.2, 0.25) is 5.15 Å². The van der Waals surface area contributed by atoms with Crippen LogP contribution in [0.15, 0.2) is 35.9 Å². The fourth-order valence-electron chi connectivity index (χ4n) is 3.62. The molecule has 1 fully saturated rings. The average molecular weight is 449 g/mol.